The zero-order chi connectivity index (χ0) is 20.1. The smallest absolute Gasteiger partial charge is 0.335 e. The first-order chi connectivity index (χ1) is 11.9. The Bertz CT molecular complexity index is 795. The van der Waals surface area contributed by atoms with Gasteiger partial charge in [0.2, 0.25) is 10.0 Å². The van der Waals surface area contributed by atoms with Gasteiger partial charge >= 0.3 is 17.9 Å². The third-order valence-corrected chi connectivity index (χ3v) is 4.43. The Morgan fingerprint density at radius 1 is 1.23 bits per heavy atom. The Hall–Kier alpha value is -2.46. The van der Waals surface area contributed by atoms with Gasteiger partial charge in [0.1, 0.15) is 11.6 Å². The van der Waals surface area contributed by atoms with Crippen LogP contribution < -0.4 is 4.72 Å². The largest absolute Gasteiger partial charge is 0.478 e. The quantitative estimate of drug-likeness (QED) is 0.660. The summed E-state index contributed by atoms with van der Waals surface area (Å²) in [4.78, 5) is 34.4. The highest BCUT2D eigenvalue weighted by atomic mass is 32.2. The minimum atomic E-state index is -4.28. The van der Waals surface area contributed by atoms with Crippen LogP contribution in [0.25, 0.3) is 0 Å². The number of hydrogen-bond acceptors (Lipinski definition) is 7. The van der Waals surface area contributed by atoms with Gasteiger partial charge in [0.15, 0.2) is 0 Å². The van der Waals surface area contributed by atoms with Crippen molar-refractivity contribution in [3.8, 4) is 0 Å². The number of aromatic carboxylic acids is 1. The summed E-state index contributed by atoms with van der Waals surface area (Å²) in [6, 6.07) is 3.05. The fourth-order valence-corrected chi connectivity index (χ4v) is 3.15. The minimum absolute atomic E-state index is 0.241. The highest BCUT2D eigenvalue weighted by Gasteiger charge is 2.31. The number of esters is 2. The van der Waals surface area contributed by atoms with Gasteiger partial charge in [-0.15, -0.1) is 0 Å². The Labute approximate surface area is 151 Å². The van der Waals surface area contributed by atoms with Crippen LogP contribution in [0.3, 0.4) is 0 Å². The molecule has 2 N–H and O–H groups in total. The zero-order valence-corrected chi connectivity index (χ0v) is 15.6. The summed E-state index contributed by atoms with van der Waals surface area (Å²) in [5.74, 6) is -3.08. The molecule has 0 aliphatic carbocycles. The van der Waals surface area contributed by atoms with Crippen LogP contribution in [0.1, 0.15) is 37.6 Å². The zero-order valence-electron chi connectivity index (χ0n) is 14.8. The molecule has 0 aliphatic rings. The van der Waals surface area contributed by atoms with Gasteiger partial charge in [-0.2, -0.15) is 4.72 Å². The van der Waals surface area contributed by atoms with Crippen molar-refractivity contribution in [3.63, 3.8) is 0 Å². The maximum absolute atomic E-state index is 12.4. The molecule has 0 bridgehead atoms. The third kappa shape index (κ3) is 6.45. The summed E-state index contributed by atoms with van der Waals surface area (Å²) in [5, 5.41) is 8.96. The van der Waals surface area contributed by atoms with E-state index in [2.05, 4.69) is 4.74 Å². The van der Waals surface area contributed by atoms with E-state index >= 15 is 0 Å². The van der Waals surface area contributed by atoms with Gasteiger partial charge in [0.25, 0.3) is 0 Å². The molecule has 0 aliphatic heterocycles. The lowest BCUT2D eigenvalue weighted by Gasteiger charge is -2.22. The Kier molecular flexibility index (Phi) is 6.87. The maximum atomic E-state index is 12.4. The van der Waals surface area contributed by atoms with Gasteiger partial charge in [-0.1, -0.05) is 6.07 Å². The first-order valence-electron chi connectivity index (χ1n) is 7.51. The third-order valence-electron chi connectivity index (χ3n) is 2.97. The van der Waals surface area contributed by atoms with Crippen molar-refractivity contribution in [2.24, 2.45) is 0 Å². The number of sulfonamides is 1. The molecular formula is C16H21NO8S. The van der Waals surface area contributed by atoms with Crippen LogP contribution in [-0.4, -0.2) is 50.2 Å². The molecule has 0 unspecified atom stereocenters. The summed E-state index contributed by atoms with van der Waals surface area (Å²) in [6.45, 7) is 4.87. The number of ether oxygens (including phenoxy) is 2. The fraction of sp³-hybridized carbons (Fsp3) is 0.438. The monoisotopic (exact) mass is 387 g/mol. The molecule has 0 heterocycles. The van der Waals surface area contributed by atoms with Crippen LogP contribution in [0, 0.1) is 0 Å². The number of carbonyl (C=O) groups excluding carboxylic acids is 2. The average Bonchev–Trinajstić information content (AvgIpc) is 2.51. The summed E-state index contributed by atoms with van der Waals surface area (Å²) in [5.41, 5.74) is -1.05. The molecule has 0 aromatic heterocycles. The lowest BCUT2D eigenvalue weighted by molar-refractivity contribution is -0.158. The molecule has 0 spiro atoms. The van der Waals surface area contributed by atoms with E-state index in [0.717, 1.165) is 19.2 Å². The van der Waals surface area contributed by atoms with Crippen molar-refractivity contribution in [3.05, 3.63) is 29.8 Å². The van der Waals surface area contributed by atoms with Crippen LogP contribution in [0.2, 0.25) is 0 Å². The number of benzene rings is 1. The topological polar surface area (TPSA) is 136 Å². The molecule has 0 amide bonds. The van der Waals surface area contributed by atoms with Crippen LogP contribution in [0.5, 0.6) is 0 Å². The highest BCUT2D eigenvalue weighted by molar-refractivity contribution is 7.89. The van der Waals surface area contributed by atoms with Gasteiger partial charge in [0.05, 0.1) is 24.0 Å². The molecule has 144 valence electrons. The Morgan fingerprint density at radius 3 is 2.35 bits per heavy atom. The fourth-order valence-electron chi connectivity index (χ4n) is 1.92. The normalized spacial score (nSPS) is 12.9. The average molecular weight is 387 g/mol. The Morgan fingerprint density at radius 2 is 1.85 bits per heavy atom. The molecular weight excluding hydrogens is 366 g/mol. The number of rotatable bonds is 7. The number of methoxy groups -OCH3 is 1. The van der Waals surface area contributed by atoms with Crippen molar-refractivity contribution in [1.82, 2.24) is 4.72 Å². The lowest BCUT2D eigenvalue weighted by atomic mass is 10.2. The molecule has 26 heavy (non-hydrogen) atoms. The summed E-state index contributed by atoms with van der Waals surface area (Å²) < 4.78 is 36.5. The first kappa shape index (κ1) is 21.6. The summed E-state index contributed by atoms with van der Waals surface area (Å²) >= 11 is 0. The first-order valence-corrected chi connectivity index (χ1v) is 8.99. The van der Waals surface area contributed by atoms with E-state index in [1.54, 1.807) is 20.8 Å². The number of carbonyl (C=O) groups is 3. The molecule has 1 rings (SSSR count). The summed E-state index contributed by atoms with van der Waals surface area (Å²) in [7, 11) is -3.24. The molecule has 1 aromatic carbocycles. The number of carboxylic acid groups (broad SMARTS) is 1. The predicted molar refractivity (Wildman–Crippen MR) is 90.0 cm³/mol. The molecule has 0 fully saturated rings. The van der Waals surface area contributed by atoms with Crippen LogP contribution in [-0.2, 0) is 29.1 Å². The van der Waals surface area contributed by atoms with E-state index in [1.807, 2.05) is 4.72 Å². The van der Waals surface area contributed by atoms with E-state index in [-0.39, 0.29) is 10.5 Å². The lowest BCUT2D eigenvalue weighted by Crippen LogP contribution is -2.43. The van der Waals surface area contributed by atoms with Crippen molar-refractivity contribution in [2.45, 2.75) is 43.7 Å². The van der Waals surface area contributed by atoms with Crippen LogP contribution >= 0.6 is 0 Å². The second kappa shape index (κ2) is 8.28. The number of carboxylic acids is 1. The maximum Gasteiger partial charge on any atom is 0.335 e. The van der Waals surface area contributed by atoms with Gasteiger partial charge in [-0.3, -0.25) is 9.59 Å². The van der Waals surface area contributed by atoms with Gasteiger partial charge < -0.3 is 14.6 Å². The van der Waals surface area contributed by atoms with Crippen molar-refractivity contribution in [1.29, 1.82) is 0 Å². The standard InChI is InChI=1S/C16H21NO8S/c1-16(2,3)25-13(18)9-12(15(21)24-4)17-26(22,23)11-7-5-6-10(8-11)14(19)20/h5-8,12,17H,9H2,1-4H3,(H,19,20)/t12-/m0/s1. The van der Waals surface area contributed by atoms with E-state index in [4.69, 9.17) is 9.84 Å². The van der Waals surface area contributed by atoms with Gasteiger partial charge in [-0.25, -0.2) is 13.2 Å². The van der Waals surface area contributed by atoms with Crippen molar-refractivity contribution >= 4 is 27.9 Å². The highest BCUT2D eigenvalue weighted by Crippen LogP contribution is 2.15. The van der Waals surface area contributed by atoms with Crippen molar-refractivity contribution < 1.29 is 37.4 Å². The number of nitrogens with one attached hydrogen (secondary N) is 1. The molecule has 1 aromatic rings. The number of hydrogen-bond donors (Lipinski definition) is 2. The minimum Gasteiger partial charge on any atom is -0.478 e. The van der Waals surface area contributed by atoms with Crippen LogP contribution in [0.4, 0.5) is 0 Å². The van der Waals surface area contributed by atoms with Gasteiger partial charge in [0, 0.05) is 0 Å². The molecule has 10 heteroatoms. The second-order valence-electron chi connectivity index (χ2n) is 6.32. The van der Waals surface area contributed by atoms with Crippen LogP contribution in [0.15, 0.2) is 29.2 Å². The SMILES string of the molecule is COC(=O)[C@H](CC(=O)OC(C)(C)C)NS(=O)(=O)c1cccc(C(=O)O)c1. The predicted octanol–water partition coefficient (Wildman–Crippen LogP) is 0.936. The second-order valence-corrected chi connectivity index (χ2v) is 8.03. The summed E-state index contributed by atoms with van der Waals surface area (Å²) in [6.07, 6.45) is -0.582. The van der Waals surface area contributed by atoms with Gasteiger partial charge in [-0.05, 0) is 39.0 Å². The van der Waals surface area contributed by atoms with E-state index in [1.165, 1.54) is 12.1 Å². The van der Waals surface area contributed by atoms with Crippen molar-refractivity contribution in [2.75, 3.05) is 7.11 Å². The van der Waals surface area contributed by atoms with E-state index in [9.17, 15) is 22.8 Å². The van der Waals surface area contributed by atoms with E-state index in [0.29, 0.717) is 0 Å². The molecule has 0 radical (unpaired) electrons. The molecule has 0 saturated carbocycles. The molecule has 9 nitrogen and oxygen atoms in total. The van der Waals surface area contributed by atoms with E-state index < -0.39 is 46.0 Å². The molecule has 1 atom stereocenters. The Balaban J connectivity index is 3.06. The molecule has 0 saturated heterocycles.